The summed E-state index contributed by atoms with van der Waals surface area (Å²) in [7, 11) is 0. The van der Waals surface area contributed by atoms with E-state index in [4.69, 9.17) is 28.4 Å². The standard InChI is InChI=1S/C15H28O6/c1-12(8-16-4-5-17-9-13-10-19-13)18-6-7-21-15(2,3)14-11-20-14/h12-14H,4-11H2,1-3H3/t12-,13+,14-/m1/s1. The van der Waals surface area contributed by atoms with Crippen LogP contribution in [0.4, 0.5) is 0 Å². The maximum atomic E-state index is 5.77. The fraction of sp³-hybridized carbons (Fsp3) is 1.00. The topological polar surface area (TPSA) is 62.0 Å². The van der Waals surface area contributed by atoms with E-state index in [1.54, 1.807) is 0 Å². The molecule has 6 nitrogen and oxygen atoms in total. The second-order valence-corrected chi connectivity index (χ2v) is 6.06. The van der Waals surface area contributed by atoms with E-state index in [-0.39, 0.29) is 17.8 Å². The van der Waals surface area contributed by atoms with Gasteiger partial charge in [0.05, 0.1) is 64.6 Å². The number of ether oxygens (including phenoxy) is 6. The summed E-state index contributed by atoms with van der Waals surface area (Å²) in [4.78, 5) is 0. The molecule has 2 fully saturated rings. The molecule has 2 rings (SSSR count). The van der Waals surface area contributed by atoms with Crippen molar-refractivity contribution >= 4 is 0 Å². The molecule has 0 saturated carbocycles. The molecular weight excluding hydrogens is 276 g/mol. The molecular formula is C15H28O6. The van der Waals surface area contributed by atoms with Crippen molar-refractivity contribution in [3.05, 3.63) is 0 Å². The Morgan fingerprint density at radius 2 is 1.76 bits per heavy atom. The summed E-state index contributed by atoms with van der Waals surface area (Å²) in [6, 6.07) is 0. The first-order valence-corrected chi connectivity index (χ1v) is 7.72. The lowest BCUT2D eigenvalue weighted by Crippen LogP contribution is -2.33. The van der Waals surface area contributed by atoms with Crippen LogP contribution in [0.25, 0.3) is 0 Å². The number of rotatable bonds is 13. The Kier molecular flexibility index (Phi) is 6.85. The van der Waals surface area contributed by atoms with Crippen molar-refractivity contribution in [2.45, 2.75) is 44.7 Å². The molecule has 6 heteroatoms. The molecule has 21 heavy (non-hydrogen) atoms. The van der Waals surface area contributed by atoms with Gasteiger partial charge in [-0.05, 0) is 20.8 Å². The molecule has 2 heterocycles. The Labute approximate surface area is 127 Å². The van der Waals surface area contributed by atoms with Crippen LogP contribution in [-0.4, -0.2) is 76.8 Å². The molecule has 2 saturated heterocycles. The lowest BCUT2D eigenvalue weighted by molar-refractivity contribution is -0.0817. The van der Waals surface area contributed by atoms with E-state index in [1.807, 2.05) is 20.8 Å². The normalized spacial score (nSPS) is 25.9. The molecule has 0 N–H and O–H groups in total. The zero-order valence-corrected chi connectivity index (χ0v) is 13.3. The van der Waals surface area contributed by atoms with E-state index < -0.39 is 0 Å². The summed E-state index contributed by atoms with van der Waals surface area (Å²) in [5, 5.41) is 0. The minimum atomic E-state index is -0.217. The van der Waals surface area contributed by atoms with E-state index in [9.17, 15) is 0 Å². The van der Waals surface area contributed by atoms with Crippen LogP contribution in [-0.2, 0) is 28.4 Å². The average Bonchev–Trinajstić information content (AvgIpc) is 3.28. The molecule has 0 aromatic rings. The molecule has 0 aliphatic carbocycles. The van der Waals surface area contributed by atoms with Crippen molar-refractivity contribution in [1.29, 1.82) is 0 Å². The molecule has 2 aliphatic heterocycles. The Bertz CT molecular complexity index is 288. The Morgan fingerprint density at radius 3 is 2.43 bits per heavy atom. The molecule has 0 aromatic heterocycles. The Hall–Kier alpha value is -0.240. The van der Waals surface area contributed by atoms with E-state index in [0.29, 0.717) is 45.7 Å². The summed E-state index contributed by atoms with van der Waals surface area (Å²) < 4.78 is 32.6. The zero-order valence-electron chi connectivity index (χ0n) is 13.3. The number of hydrogen-bond acceptors (Lipinski definition) is 6. The van der Waals surface area contributed by atoms with Crippen LogP contribution in [0.2, 0.25) is 0 Å². The third-order valence-electron chi connectivity index (χ3n) is 3.50. The second-order valence-electron chi connectivity index (χ2n) is 6.06. The van der Waals surface area contributed by atoms with Crippen molar-refractivity contribution in [1.82, 2.24) is 0 Å². The molecule has 0 spiro atoms. The van der Waals surface area contributed by atoms with Crippen LogP contribution >= 0.6 is 0 Å². The highest BCUT2D eigenvalue weighted by Gasteiger charge is 2.40. The van der Waals surface area contributed by atoms with E-state index >= 15 is 0 Å². The largest absolute Gasteiger partial charge is 0.376 e. The van der Waals surface area contributed by atoms with E-state index in [0.717, 1.165) is 13.2 Å². The summed E-state index contributed by atoms with van der Waals surface area (Å²) in [6.45, 7) is 11.3. The van der Waals surface area contributed by atoms with Crippen LogP contribution < -0.4 is 0 Å². The minimum Gasteiger partial charge on any atom is -0.376 e. The molecule has 2 aliphatic rings. The molecule has 124 valence electrons. The third-order valence-corrected chi connectivity index (χ3v) is 3.50. The molecule has 0 bridgehead atoms. The van der Waals surface area contributed by atoms with Gasteiger partial charge in [0.1, 0.15) is 12.2 Å². The van der Waals surface area contributed by atoms with Gasteiger partial charge in [0.2, 0.25) is 0 Å². The molecule has 0 amide bonds. The van der Waals surface area contributed by atoms with Gasteiger partial charge in [-0.15, -0.1) is 0 Å². The third kappa shape index (κ3) is 7.54. The van der Waals surface area contributed by atoms with E-state index in [2.05, 4.69) is 0 Å². The van der Waals surface area contributed by atoms with Gasteiger partial charge in [-0.1, -0.05) is 0 Å². The number of epoxide rings is 2. The maximum Gasteiger partial charge on any atom is 0.109 e. The van der Waals surface area contributed by atoms with Crippen molar-refractivity contribution in [2.24, 2.45) is 0 Å². The molecule has 0 aromatic carbocycles. The van der Waals surface area contributed by atoms with E-state index in [1.165, 1.54) is 0 Å². The van der Waals surface area contributed by atoms with Crippen LogP contribution in [0, 0.1) is 0 Å². The second kappa shape index (κ2) is 8.41. The van der Waals surface area contributed by atoms with Gasteiger partial charge in [-0.25, -0.2) is 0 Å². The fourth-order valence-corrected chi connectivity index (χ4v) is 1.89. The van der Waals surface area contributed by atoms with Gasteiger partial charge >= 0.3 is 0 Å². The Morgan fingerprint density at radius 1 is 1.05 bits per heavy atom. The lowest BCUT2D eigenvalue weighted by atomic mass is 10.1. The molecule has 0 radical (unpaired) electrons. The smallest absolute Gasteiger partial charge is 0.109 e. The predicted molar refractivity (Wildman–Crippen MR) is 76.6 cm³/mol. The quantitative estimate of drug-likeness (QED) is 0.374. The van der Waals surface area contributed by atoms with Gasteiger partial charge in [-0.3, -0.25) is 0 Å². The first-order valence-electron chi connectivity index (χ1n) is 7.72. The van der Waals surface area contributed by atoms with Gasteiger partial charge in [0, 0.05) is 0 Å². The highest BCUT2D eigenvalue weighted by molar-refractivity contribution is 4.88. The van der Waals surface area contributed by atoms with Crippen LogP contribution in [0.3, 0.4) is 0 Å². The Balaban J connectivity index is 1.36. The first-order chi connectivity index (χ1) is 10.1. The SMILES string of the molecule is C[C@H](COCCOC[C@H]1CO1)OCCOC(C)(C)[C@H]1CO1. The average molecular weight is 304 g/mol. The van der Waals surface area contributed by atoms with Crippen molar-refractivity contribution in [2.75, 3.05) is 52.9 Å². The highest BCUT2D eigenvalue weighted by Crippen LogP contribution is 2.27. The number of hydrogen-bond donors (Lipinski definition) is 0. The van der Waals surface area contributed by atoms with Gasteiger partial charge in [0.25, 0.3) is 0 Å². The molecule has 0 unspecified atom stereocenters. The fourth-order valence-electron chi connectivity index (χ4n) is 1.89. The lowest BCUT2D eigenvalue weighted by Gasteiger charge is -2.23. The van der Waals surface area contributed by atoms with Crippen molar-refractivity contribution < 1.29 is 28.4 Å². The van der Waals surface area contributed by atoms with Crippen molar-refractivity contribution in [3.63, 3.8) is 0 Å². The van der Waals surface area contributed by atoms with Gasteiger partial charge in [0.15, 0.2) is 0 Å². The highest BCUT2D eigenvalue weighted by atomic mass is 16.6. The maximum absolute atomic E-state index is 5.77. The summed E-state index contributed by atoms with van der Waals surface area (Å²) in [5.74, 6) is 0. The summed E-state index contributed by atoms with van der Waals surface area (Å²) >= 11 is 0. The van der Waals surface area contributed by atoms with Crippen LogP contribution in [0.1, 0.15) is 20.8 Å². The van der Waals surface area contributed by atoms with Gasteiger partial charge in [-0.2, -0.15) is 0 Å². The predicted octanol–water partition coefficient (Wildman–Crippen LogP) is 1.02. The zero-order chi connectivity index (χ0) is 15.1. The van der Waals surface area contributed by atoms with Gasteiger partial charge < -0.3 is 28.4 Å². The first kappa shape index (κ1) is 17.1. The summed E-state index contributed by atoms with van der Waals surface area (Å²) in [5.41, 5.74) is -0.217. The molecule has 3 atom stereocenters. The summed E-state index contributed by atoms with van der Waals surface area (Å²) in [6.07, 6.45) is 0.609. The van der Waals surface area contributed by atoms with Crippen molar-refractivity contribution in [3.8, 4) is 0 Å². The van der Waals surface area contributed by atoms with Crippen LogP contribution in [0.5, 0.6) is 0 Å². The monoisotopic (exact) mass is 304 g/mol. The van der Waals surface area contributed by atoms with Crippen LogP contribution in [0.15, 0.2) is 0 Å². The minimum absolute atomic E-state index is 0.0562.